The van der Waals surface area contributed by atoms with Crippen molar-refractivity contribution in [3.8, 4) is 0 Å². The number of rotatable bonds is 8. The molecule has 1 N–H and O–H groups in total. The van der Waals surface area contributed by atoms with Crippen LogP contribution in [0.15, 0.2) is 46.4 Å². The summed E-state index contributed by atoms with van der Waals surface area (Å²) in [5, 5.41) is 11.0. The van der Waals surface area contributed by atoms with Gasteiger partial charge in [-0.25, -0.2) is 0 Å². The van der Waals surface area contributed by atoms with Crippen LogP contribution in [0.1, 0.15) is 49.0 Å². The molecular weight excluding hydrogens is 380 g/mol. The van der Waals surface area contributed by atoms with E-state index in [1.165, 1.54) is 4.90 Å². The van der Waals surface area contributed by atoms with Gasteiger partial charge in [-0.3, -0.25) is 9.59 Å². The average Bonchev–Trinajstić information content (AvgIpc) is 3.27. The molecule has 1 aliphatic heterocycles. The molecule has 0 radical (unpaired) electrons. The number of benzene rings is 1. The van der Waals surface area contributed by atoms with Gasteiger partial charge >= 0.3 is 0 Å². The van der Waals surface area contributed by atoms with Crippen LogP contribution in [-0.4, -0.2) is 52.8 Å². The Hall–Kier alpha value is -2.86. The molecule has 3 rings (SSSR count). The molecule has 1 aromatic heterocycles. The molecule has 2 heterocycles. The van der Waals surface area contributed by atoms with Crippen molar-refractivity contribution in [2.45, 2.75) is 40.2 Å². The van der Waals surface area contributed by atoms with E-state index in [0.29, 0.717) is 23.6 Å². The van der Waals surface area contributed by atoms with Crippen LogP contribution >= 0.6 is 0 Å². The van der Waals surface area contributed by atoms with Gasteiger partial charge in [-0.2, -0.15) is 0 Å². The lowest BCUT2D eigenvalue weighted by Gasteiger charge is -2.25. The van der Waals surface area contributed by atoms with Crippen molar-refractivity contribution in [1.29, 1.82) is 0 Å². The first-order chi connectivity index (χ1) is 14.4. The summed E-state index contributed by atoms with van der Waals surface area (Å²) in [6.45, 7) is 11.1. The Balaban J connectivity index is 1.99. The number of furan rings is 1. The summed E-state index contributed by atoms with van der Waals surface area (Å²) in [7, 11) is 0. The standard InChI is InChI=1S/C24H30N2O4/c1-5-25(6-2)14-7-15-26-21(19-13-10-17(4)30-19)20(23(28)24(26)29)22(27)18-11-8-16(3)9-12-18/h8-13,21,27H,5-7,14-15H2,1-4H3/b22-20+. The molecule has 1 aromatic carbocycles. The van der Waals surface area contributed by atoms with Gasteiger partial charge in [0.1, 0.15) is 23.3 Å². The van der Waals surface area contributed by atoms with Crippen LogP contribution < -0.4 is 0 Å². The topological polar surface area (TPSA) is 74.0 Å². The van der Waals surface area contributed by atoms with Gasteiger partial charge < -0.3 is 19.3 Å². The quantitative estimate of drug-likeness (QED) is 0.404. The Morgan fingerprint density at radius 3 is 2.30 bits per heavy atom. The van der Waals surface area contributed by atoms with Gasteiger partial charge in [-0.15, -0.1) is 0 Å². The van der Waals surface area contributed by atoms with Crippen LogP contribution in [0.2, 0.25) is 0 Å². The molecule has 6 heteroatoms. The molecule has 30 heavy (non-hydrogen) atoms. The van der Waals surface area contributed by atoms with E-state index in [1.54, 1.807) is 24.3 Å². The summed E-state index contributed by atoms with van der Waals surface area (Å²) in [6, 6.07) is 10.1. The summed E-state index contributed by atoms with van der Waals surface area (Å²) in [5.74, 6) is -0.256. The number of carbonyl (C=O) groups is 2. The number of aliphatic hydroxyl groups is 1. The molecule has 1 aliphatic rings. The van der Waals surface area contributed by atoms with E-state index in [4.69, 9.17) is 4.42 Å². The zero-order valence-corrected chi connectivity index (χ0v) is 18.1. The van der Waals surface area contributed by atoms with Crippen molar-refractivity contribution in [3.63, 3.8) is 0 Å². The number of ketones is 1. The molecule has 160 valence electrons. The first kappa shape index (κ1) is 21.8. The molecule has 1 fully saturated rings. The van der Waals surface area contributed by atoms with Crippen LogP contribution in [-0.2, 0) is 9.59 Å². The van der Waals surface area contributed by atoms with E-state index < -0.39 is 17.7 Å². The van der Waals surface area contributed by atoms with Crippen molar-refractivity contribution >= 4 is 17.4 Å². The van der Waals surface area contributed by atoms with Crippen LogP contribution in [0, 0.1) is 13.8 Å². The summed E-state index contributed by atoms with van der Waals surface area (Å²) in [6.07, 6.45) is 0.732. The second-order valence-corrected chi connectivity index (χ2v) is 7.69. The molecule has 0 bridgehead atoms. The van der Waals surface area contributed by atoms with E-state index >= 15 is 0 Å². The van der Waals surface area contributed by atoms with E-state index in [2.05, 4.69) is 18.7 Å². The summed E-state index contributed by atoms with van der Waals surface area (Å²) >= 11 is 0. The second-order valence-electron chi connectivity index (χ2n) is 7.69. The zero-order chi connectivity index (χ0) is 21.8. The Kier molecular flexibility index (Phi) is 6.77. The zero-order valence-electron chi connectivity index (χ0n) is 18.1. The minimum Gasteiger partial charge on any atom is -0.507 e. The molecule has 1 unspecified atom stereocenters. The van der Waals surface area contributed by atoms with Crippen LogP contribution in [0.3, 0.4) is 0 Å². The summed E-state index contributed by atoms with van der Waals surface area (Å²) in [5.41, 5.74) is 1.64. The van der Waals surface area contributed by atoms with Gasteiger partial charge in [0.25, 0.3) is 11.7 Å². The average molecular weight is 411 g/mol. The molecule has 1 atom stereocenters. The largest absolute Gasteiger partial charge is 0.507 e. The predicted octanol–water partition coefficient (Wildman–Crippen LogP) is 4.05. The molecule has 2 aromatic rings. The predicted molar refractivity (Wildman–Crippen MR) is 116 cm³/mol. The SMILES string of the molecule is CCN(CC)CCCN1C(=O)C(=O)/C(=C(/O)c2ccc(C)cc2)C1c1ccc(C)o1. The van der Waals surface area contributed by atoms with Crippen LogP contribution in [0.5, 0.6) is 0 Å². The maximum Gasteiger partial charge on any atom is 0.295 e. The highest BCUT2D eigenvalue weighted by Crippen LogP contribution is 2.40. The Labute approximate surface area is 177 Å². The highest BCUT2D eigenvalue weighted by atomic mass is 16.3. The van der Waals surface area contributed by atoms with Crippen LogP contribution in [0.25, 0.3) is 5.76 Å². The lowest BCUT2D eigenvalue weighted by molar-refractivity contribution is -0.140. The van der Waals surface area contributed by atoms with Crippen molar-refractivity contribution in [1.82, 2.24) is 9.80 Å². The highest BCUT2D eigenvalue weighted by Gasteiger charge is 2.47. The number of amides is 1. The normalized spacial score (nSPS) is 18.6. The lowest BCUT2D eigenvalue weighted by Crippen LogP contribution is -2.33. The Morgan fingerprint density at radius 2 is 1.73 bits per heavy atom. The van der Waals surface area contributed by atoms with E-state index in [9.17, 15) is 14.7 Å². The first-order valence-corrected chi connectivity index (χ1v) is 10.5. The monoisotopic (exact) mass is 410 g/mol. The van der Waals surface area contributed by atoms with E-state index in [1.807, 2.05) is 26.0 Å². The van der Waals surface area contributed by atoms with Gasteiger partial charge in [0.05, 0.1) is 5.57 Å². The fourth-order valence-corrected chi connectivity index (χ4v) is 3.88. The molecule has 1 amide bonds. The van der Waals surface area contributed by atoms with Gasteiger partial charge in [0.2, 0.25) is 0 Å². The molecular formula is C24H30N2O4. The third kappa shape index (κ3) is 4.33. The van der Waals surface area contributed by atoms with Gasteiger partial charge in [-0.1, -0.05) is 43.7 Å². The fourth-order valence-electron chi connectivity index (χ4n) is 3.88. The van der Waals surface area contributed by atoms with Gasteiger partial charge in [-0.05, 0) is 52.0 Å². The maximum absolute atomic E-state index is 12.9. The molecule has 0 saturated carbocycles. The highest BCUT2D eigenvalue weighted by molar-refractivity contribution is 6.46. The van der Waals surface area contributed by atoms with E-state index in [0.717, 1.165) is 31.6 Å². The fraction of sp³-hybridized carbons (Fsp3) is 0.417. The maximum atomic E-state index is 12.9. The molecule has 0 spiro atoms. The van der Waals surface area contributed by atoms with Gasteiger partial charge in [0, 0.05) is 12.1 Å². The Bertz CT molecular complexity index is 938. The Morgan fingerprint density at radius 1 is 1.07 bits per heavy atom. The number of likely N-dealkylation sites (tertiary alicyclic amines) is 1. The number of aryl methyl sites for hydroxylation is 2. The number of carbonyl (C=O) groups excluding carboxylic acids is 2. The summed E-state index contributed by atoms with van der Waals surface area (Å²) < 4.78 is 5.80. The lowest BCUT2D eigenvalue weighted by atomic mass is 9.99. The number of nitrogens with zero attached hydrogens (tertiary/aromatic N) is 2. The number of hydrogen-bond acceptors (Lipinski definition) is 5. The molecule has 0 aliphatic carbocycles. The van der Waals surface area contributed by atoms with Crippen molar-refractivity contribution in [2.75, 3.05) is 26.2 Å². The summed E-state index contributed by atoms with van der Waals surface area (Å²) in [4.78, 5) is 29.6. The number of hydrogen-bond donors (Lipinski definition) is 1. The number of Topliss-reactive ketones (excluding diaryl/α,β-unsaturated/α-hetero) is 1. The smallest absolute Gasteiger partial charge is 0.295 e. The van der Waals surface area contributed by atoms with Crippen molar-refractivity contribution in [2.24, 2.45) is 0 Å². The van der Waals surface area contributed by atoms with Crippen molar-refractivity contribution in [3.05, 3.63) is 64.6 Å². The minimum atomic E-state index is -0.725. The van der Waals surface area contributed by atoms with Gasteiger partial charge in [0.15, 0.2) is 0 Å². The first-order valence-electron chi connectivity index (χ1n) is 10.5. The third-order valence-electron chi connectivity index (χ3n) is 5.66. The van der Waals surface area contributed by atoms with Crippen molar-refractivity contribution < 1.29 is 19.1 Å². The minimum absolute atomic E-state index is 0.0843. The second kappa shape index (κ2) is 9.30. The van der Waals surface area contributed by atoms with Crippen LogP contribution in [0.4, 0.5) is 0 Å². The third-order valence-corrected chi connectivity index (χ3v) is 5.66. The molecule has 1 saturated heterocycles. The van der Waals surface area contributed by atoms with E-state index in [-0.39, 0.29) is 11.3 Å². The number of aliphatic hydroxyl groups excluding tert-OH is 1. The molecule has 6 nitrogen and oxygen atoms in total.